The molecule has 4 heteroatoms. The molecule has 0 aromatic carbocycles. The summed E-state index contributed by atoms with van der Waals surface area (Å²) >= 11 is 0. The molecule has 0 radical (unpaired) electrons. The van der Waals surface area contributed by atoms with Crippen molar-refractivity contribution in [2.75, 3.05) is 0 Å². The molecule has 0 aliphatic rings. The SMILES string of the molecule is C=C[C@H](C#CC#C[C@H](CCCCCCCCC)OC(C)=O)OC(C)=O. The van der Waals surface area contributed by atoms with Crippen LogP contribution in [-0.4, -0.2) is 24.1 Å². The van der Waals surface area contributed by atoms with Crippen LogP contribution in [0.25, 0.3) is 0 Å². The number of unbranched alkanes of at least 4 members (excludes halogenated alkanes) is 6. The summed E-state index contributed by atoms with van der Waals surface area (Å²) in [6, 6.07) is 0. The first-order valence-electron chi connectivity index (χ1n) is 8.97. The third-order valence-electron chi connectivity index (χ3n) is 3.40. The normalized spacial score (nSPS) is 11.8. The molecular formula is C21H30O4. The Morgan fingerprint density at radius 3 is 2.04 bits per heavy atom. The molecule has 25 heavy (non-hydrogen) atoms. The van der Waals surface area contributed by atoms with Gasteiger partial charge < -0.3 is 9.47 Å². The average Bonchev–Trinajstić information content (AvgIpc) is 2.55. The summed E-state index contributed by atoms with van der Waals surface area (Å²) in [5.74, 6) is 10.0. The van der Waals surface area contributed by atoms with Crippen LogP contribution in [0.3, 0.4) is 0 Å². The van der Waals surface area contributed by atoms with Gasteiger partial charge in [-0.3, -0.25) is 9.59 Å². The van der Waals surface area contributed by atoms with Gasteiger partial charge in [0, 0.05) is 13.8 Å². The minimum absolute atomic E-state index is 0.348. The van der Waals surface area contributed by atoms with E-state index in [0.29, 0.717) is 6.42 Å². The van der Waals surface area contributed by atoms with Gasteiger partial charge in [-0.1, -0.05) is 52.0 Å². The van der Waals surface area contributed by atoms with E-state index in [4.69, 9.17) is 9.47 Å². The summed E-state index contributed by atoms with van der Waals surface area (Å²) in [6.45, 7) is 8.43. The molecule has 0 amide bonds. The van der Waals surface area contributed by atoms with Crippen LogP contribution in [0, 0.1) is 23.7 Å². The second-order valence-electron chi connectivity index (χ2n) is 5.81. The molecule has 2 atom stereocenters. The second kappa shape index (κ2) is 15.3. The Kier molecular flexibility index (Phi) is 14.0. The predicted octanol–water partition coefficient (Wildman–Crippen LogP) is 4.18. The van der Waals surface area contributed by atoms with Gasteiger partial charge in [0.05, 0.1) is 0 Å². The van der Waals surface area contributed by atoms with E-state index in [-0.39, 0.29) is 5.97 Å². The summed E-state index contributed by atoms with van der Waals surface area (Å²) < 4.78 is 10.1. The van der Waals surface area contributed by atoms with Gasteiger partial charge in [0.1, 0.15) is 0 Å². The number of carbonyl (C=O) groups is 2. The van der Waals surface area contributed by atoms with E-state index in [1.54, 1.807) is 0 Å². The monoisotopic (exact) mass is 346 g/mol. The topological polar surface area (TPSA) is 52.6 Å². The molecule has 0 saturated carbocycles. The molecule has 0 bridgehead atoms. The van der Waals surface area contributed by atoms with Crippen molar-refractivity contribution in [1.29, 1.82) is 0 Å². The molecule has 0 rings (SSSR count). The number of ether oxygens (including phenoxy) is 2. The number of hydrogen-bond acceptors (Lipinski definition) is 4. The van der Waals surface area contributed by atoms with Gasteiger partial charge in [0.2, 0.25) is 0 Å². The van der Waals surface area contributed by atoms with Crippen LogP contribution >= 0.6 is 0 Å². The highest BCUT2D eigenvalue weighted by Crippen LogP contribution is 2.11. The van der Waals surface area contributed by atoms with Crippen LogP contribution < -0.4 is 0 Å². The highest BCUT2D eigenvalue weighted by Gasteiger charge is 2.08. The zero-order valence-corrected chi connectivity index (χ0v) is 15.7. The van der Waals surface area contributed by atoms with Crippen molar-refractivity contribution in [3.8, 4) is 23.7 Å². The van der Waals surface area contributed by atoms with E-state index in [2.05, 4.69) is 37.2 Å². The maximum atomic E-state index is 11.2. The van der Waals surface area contributed by atoms with Crippen LogP contribution in [0.1, 0.15) is 72.1 Å². The Hall–Kier alpha value is -2.20. The molecule has 0 aliphatic heterocycles. The molecule has 0 fully saturated rings. The molecule has 0 aromatic heterocycles. The summed E-state index contributed by atoms with van der Waals surface area (Å²) in [7, 11) is 0. The summed E-state index contributed by atoms with van der Waals surface area (Å²) in [6.07, 6.45) is 9.36. The first-order chi connectivity index (χ1) is 12.0. The fraction of sp³-hybridized carbons (Fsp3) is 0.619. The minimum atomic E-state index is -0.679. The van der Waals surface area contributed by atoms with Crippen molar-refractivity contribution in [3.05, 3.63) is 12.7 Å². The van der Waals surface area contributed by atoms with Gasteiger partial charge in [0.15, 0.2) is 12.2 Å². The van der Waals surface area contributed by atoms with Crippen LogP contribution in [0.15, 0.2) is 12.7 Å². The molecule has 0 spiro atoms. The van der Waals surface area contributed by atoms with Crippen molar-refractivity contribution >= 4 is 11.9 Å². The van der Waals surface area contributed by atoms with Gasteiger partial charge >= 0.3 is 11.9 Å². The maximum Gasteiger partial charge on any atom is 0.304 e. The first-order valence-corrected chi connectivity index (χ1v) is 8.97. The molecule has 0 unspecified atom stereocenters. The molecule has 138 valence electrons. The molecule has 0 heterocycles. The van der Waals surface area contributed by atoms with E-state index in [1.807, 2.05) is 0 Å². The Morgan fingerprint density at radius 2 is 1.48 bits per heavy atom. The molecule has 0 aromatic rings. The fourth-order valence-electron chi connectivity index (χ4n) is 2.19. The zero-order chi connectivity index (χ0) is 18.9. The summed E-state index contributed by atoms with van der Waals surface area (Å²) in [5, 5.41) is 0. The van der Waals surface area contributed by atoms with Gasteiger partial charge in [-0.05, 0) is 42.6 Å². The van der Waals surface area contributed by atoms with E-state index < -0.39 is 18.2 Å². The van der Waals surface area contributed by atoms with Gasteiger partial charge in [-0.2, -0.15) is 0 Å². The number of esters is 2. The van der Waals surface area contributed by atoms with Crippen molar-refractivity contribution in [2.45, 2.75) is 84.3 Å². The lowest BCUT2D eigenvalue weighted by atomic mass is 10.1. The lowest BCUT2D eigenvalue weighted by Crippen LogP contribution is -2.14. The molecule has 0 saturated heterocycles. The molecular weight excluding hydrogens is 316 g/mol. The van der Waals surface area contributed by atoms with E-state index in [9.17, 15) is 9.59 Å². The van der Waals surface area contributed by atoms with Crippen molar-refractivity contribution in [1.82, 2.24) is 0 Å². The van der Waals surface area contributed by atoms with Crippen molar-refractivity contribution in [3.63, 3.8) is 0 Å². The predicted molar refractivity (Wildman–Crippen MR) is 99.5 cm³/mol. The average molecular weight is 346 g/mol. The Balaban J connectivity index is 4.38. The smallest absolute Gasteiger partial charge is 0.304 e. The first kappa shape index (κ1) is 22.8. The highest BCUT2D eigenvalue weighted by atomic mass is 16.5. The molecule has 0 N–H and O–H groups in total. The second-order valence-corrected chi connectivity index (χ2v) is 5.81. The Labute approximate surface area is 152 Å². The lowest BCUT2D eigenvalue weighted by molar-refractivity contribution is -0.144. The molecule has 4 nitrogen and oxygen atoms in total. The van der Waals surface area contributed by atoms with Gasteiger partial charge in [-0.15, -0.1) is 0 Å². The third-order valence-corrected chi connectivity index (χ3v) is 3.40. The van der Waals surface area contributed by atoms with Crippen LogP contribution in [0.2, 0.25) is 0 Å². The minimum Gasteiger partial charge on any atom is -0.449 e. The summed E-state index contributed by atoms with van der Waals surface area (Å²) in [4.78, 5) is 22.0. The van der Waals surface area contributed by atoms with Crippen LogP contribution in [0.4, 0.5) is 0 Å². The van der Waals surface area contributed by atoms with Gasteiger partial charge in [-0.25, -0.2) is 0 Å². The zero-order valence-electron chi connectivity index (χ0n) is 15.7. The number of hydrogen-bond donors (Lipinski definition) is 0. The van der Waals surface area contributed by atoms with Crippen LogP contribution in [0.5, 0.6) is 0 Å². The highest BCUT2D eigenvalue weighted by molar-refractivity contribution is 5.67. The van der Waals surface area contributed by atoms with E-state index >= 15 is 0 Å². The third kappa shape index (κ3) is 15.1. The summed E-state index contributed by atoms with van der Waals surface area (Å²) in [5.41, 5.74) is 0. The number of rotatable bonds is 11. The Morgan fingerprint density at radius 1 is 0.920 bits per heavy atom. The van der Waals surface area contributed by atoms with Crippen LogP contribution in [-0.2, 0) is 19.1 Å². The standard InChI is InChI=1S/C21H30O4/c1-5-7-8-9-10-11-12-16-21(25-19(4)23)17-14-13-15-20(6-2)24-18(3)22/h6,20-21H,2,5,7-12,16H2,1,3-4H3/t20-,21+/m1/s1. The quantitative estimate of drug-likeness (QED) is 0.244. The number of carbonyl (C=O) groups excluding carboxylic acids is 2. The van der Waals surface area contributed by atoms with Gasteiger partial charge in [0.25, 0.3) is 0 Å². The van der Waals surface area contributed by atoms with E-state index in [0.717, 1.165) is 12.8 Å². The maximum absolute atomic E-state index is 11.2. The lowest BCUT2D eigenvalue weighted by Gasteiger charge is -2.10. The van der Waals surface area contributed by atoms with Crippen molar-refractivity contribution in [2.24, 2.45) is 0 Å². The van der Waals surface area contributed by atoms with E-state index in [1.165, 1.54) is 52.0 Å². The molecule has 0 aliphatic carbocycles. The largest absolute Gasteiger partial charge is 0.449 e. The Bertz CT molecular complexity index is 528. The van der Waals surface area contributed by atoms with Crippen molar-refractivity contribution < 1.29 is 19.1 Å². The fourth-order valence-corrected chi connectivity index (χ4v) is 2.19.